The van der Waals surface area contributed by atoms with Crippen LogP contribution >= 0.6 is 0 Å². The molecule has 1 aliphatic heterocycles. The fraction of sp³-hybridized carbons (Fsp3) is 0.933. The van der Waals surface area contributed by atoms with Gasteiger partial charge in [0.25, 0.3) is 0 Å². The fourth-order valence-electron chi connectivity index (χ4n) is 3.77. The average molecular weight is 250 g/mol. The van der Waals surface area contributed by atoms with E-state index < -0.39 is 0 Å². The molecule has 4 atom stereocenters. The molecule has 0 aromatic rings. The Morgan fingerprint density at radius 3 is 2.72 bits per heavy atom. The standard InChI is InChI=1S/C15H26N2O/c1-2-3-12-4-5-14(9-16)15(8-12)17-7-6-13(10-17)11-18/h12-15,18H,2-8,10-11H2,1H3. The summed E-state index contributed by atoms with van der Waals surface area (Å²) in [5.74, 6) is 1.48. The highest BCUT2D eigenvalue weighted by molar-refractivity contribution is 4.99. The zero-order valence-electron chi connectivity index (χ0n) is 11.5. The third-order valence-electron chi connectivity index (χ3n) is 4.83. The molecule has 3 heteroatoms. The Balaban J connectivity index is 1.96. The summed E-state index contributed by atoms with van der Waals surface area (Å²) >= 11 is 0. The van der Waals surface area contributed by atoms with Gasteiger partial charge in [-0.25, -0.2) is 0 Å². The molecule has 102 valence electrons. The molecule has 4 unspecified atom stereocenters. The van der Waals surface area contributed by atoms with Crippen molar-refractivity contribution < 1.29 is 5.11 Å². The van der Waals surface area contributed by atoms with Crippen molar-refractivity contribution in [3.63, 3.8) is 0 Å². The van der Waals surface area contributed by atoms with E-state index in [1.165, 1.54) is 25.7 Å². The minimum absolute atomic E-state index is 0.218. The predicted octanol–water partition coefficient (Wildman–Crippen LogP) is 2.41. The highest BCUT2D eigenvalue weighted by Crippen LogP contribution is 2.36. The molecule has 2 aliphatic rings. The van der Waals surface area contributed by atoms with Crippen LogP contribution in [0.2, 0.25) is 0 Å². The van der Waals surface area contributed by atoms with Gasteiger partial charge in [-0.2, -0.15) is 5.26 Å². The predicted molar refractivity (Wildman–Crippen MR) is 71.9 cm³/mol. The van der Waals surface area contributed by atoms with Crippen LogP contribution in [0.5, 0.6) is 0 Å². The first kappa shape index (κ1) is 13.8. The Bertz CT molecular complexity index is 299. The summed E-state index contributed by atoms with van der Waals surface area (Å²) in [6, 6.07) is 2.98. The zero-order valence-corrected chi connectivity index (χ0v) is 11.5. The molecule has 1 aliphatic carbocycles. The number of nitrogens with zero attached hydrogens (tertiary/aromatic N) is 2. The van der Waals surface area contributed by atoms with E-state index in [9.17, 15) is 10.4 Å². The summed E-state index contributed by atoms with van der Waals surface area (Å²) in [7, 11) is 0. The maximum atomic E-state index is 9.33. The summed E-state index contributed by atoms with van der Waals surface area (Å²) in [6.45, 7) is 4.63. The molecule has 0 bridgehead atoms. The van der Waals surface area contributed by atoms with E-state index in [1.54, 1.807) is 0 Å². The van der Waals surface area contributed by atoms with Crippen molar-refractivity contribution >= 4 is 0 Å². The number of aliphatic hydroxyl groups excluding tert-OH is 1. The second kappa shape index (κ2) is 6.54. The summed E-state index contributed by atoms with van der Waals surface area (Å²) in [5.41, 5.74) is 0. The zero-order chi connectivity index (χ0) is 13.0. The Morgan fingerprint density at radius 1 is 1.28 bits per heavy atom. The molecule has 0 aromatic heterocycles. The first-order chi connectivity index (χ1) is 8.78. The lowest BCUT2D eigenvalue weighted by Crippen LogP contribution is -2.43. The van der Waals surface area contributed by atoms with Gasteiger partial charge in [-0.05, 0) is 44.1 Å². The molecule has 2 fully saturated rings. The van der Waals surface area contributed by atoms with E-state index in [1.807, 2.05) is 0 Å². The van der Waals surface area contributed by atoms with Crippen molar-refractivity contribution in [2.45, 2.75) is 51.5 Å². The number of aliphatic hydroxyl groups is 1. The molecule has 1 N–H and O–H groups in total. The maximum Gasteiger partial charge on any atom is 0.0672 e. The van der Waals surface area contributed by atoms with Crippen molar-refractivity contribution in [2.75, 3.05) is 19.7 Å². The highest BCUT2D eigenvalue weighted by atomic mass is 16.3. The van der Waals surface area contributed by atoms with Crippen LogP contribution in [0.25, 0.3) is 0 Å². The van der Waals surface area contributed by atoms with Crippen LogP contribution in [-0.4, -0.2) is 35.7 Å². The molecule has 3 nitrogen and oxygen atoms in total. The van der Waals surface area contributed by atoms with Gasteiger partial charge in [-0.3, -0.25) is 4.90 Å². The third-order valence-corrected chi connectivity index (χ3v) is 4.83. The van der Waals surface area contributed by atoms with Gasteiger partial charge in [0.2, 0.25) is 0 Å². The third kappa shape index (κ3) is 3.05. The minimum Gasteiger partial charge on any atom is -0.396 e. The summed E-state index contributed by atoms with van der Waals surface area (Å²) < 4.78 is 0. The molecule has 2 rings (SSSR count). The number of hydrogen-bond donors (Lipinski definition) is 1. The molecule has 0 spiro atoms. The van der Waals surface area contributed by atoms with Crippen LogP contribution in [0.1, 0.15) is 45.4 Å². The van der Waals surface area contributed by atoms with Gasteiger partial charge in [-0.1, -0.05) is 19.8 Å². The van der Waals surface area contributed by atoms with Crippen molar-refractivity contribution in [3.8, 4) is 6.07 Å². The van der Waals surface area contributed by atoms with Gasteiger partial charge in [0, 0.05) is 19.2 Å². The smallest absolute Gasteiger partial charge is 0.0672 e. The normalized spacial score (nSPS) is 37.6. The fourth-order valence-corrected chi connectivity index (χ4v) is 3.77. The van der Waals surface area contributed by atoms with Crippen molar-refractivity contribution in [1.29, 1.82) is 5.26 Å². The topological polar surface area (TPSA) is 47.3 Å². The lowest BCUT2D eigenvalue weighted by atomic mass is 9.76. The van der Waals surface area contributed by atoms with Crippen molar-refractivity contribution in [1.82, 2.24) is 4.90 Å². The second-order valence-electron chi connectivity index (χ2n) is 6.10. The van der Waals surface area contributed by atoms with E-state index in [-0.39, 0.29) is 5.92 Å². The number of nitriles is 1. The molecule has 18 heavy (non-hydrogen) atoms. The highest BCUT2D eigenvalue weighted by Gasteiger charge is 2.37. The molecular weight excluding hydrogens is 224 g/mol. The van der Waals surface area contributed by atoms with Crippen LogP contribution in [0.4, 0.5) is 0 Å². The largest absolute Gasteiger partial charge is 0.396 e. The number of rotatable bonds is 4. The average Bonchev–Trinajstić information content (AvgIpc) is 2.87. The Morgan fingerprint density at radius 2 is 2.11 bits per heavy atom. The van der Waals surface area contributed by atoms with Crippen LogP contribution in [-0.2, 0) is 0 Å². The van der Waals surface area contributed by atoms with Crippen LogP contribution in [0.15, 0.2) is 0 Å². The second-order valence-corrected chi connectivity index (χ2v) is 6.10. The summed E-state index contributed by atoms with van der Waals surface area (Å²) in [4.78, 5) is 2.48. The molecule has 1 heterocycles. The minimum atomic E-state index is 0.218. The maximum absolute atomic E-state index is 9.33. The SMILES string of the molecule is CCCC1CCC(C#N)C(N2CCC(CO)C2)C1. The Kier molecular flexibility index (Phi) is 5.03. The first-order valence-electron chi connectivity index (χ1n) is 7.53. The lowest BCUT2D eigenvalue weighted by molar-refractivity contribution is 0.111. The molecular formula is C15H26N2O. The van der Waals surface area contributed by atoms with Crippen molar-refractivity contribution in [3.05, 3.63) is 0 Å². The van der Waals surface area contributed by atoms with E-state index in [2.05, 4.69) is 17.9 Å². The molecule has 0 radical (unpaired) electrons. The Labute approximate surface area is 111 Å². The molecule has 0 amide bonds. The lowest BCUT2D eigenvalue weighted by Gasteiger charge is -2.38. The first-order valence-corrected chi connectivity index (χ1v) is 7.53. The molecule has 0 aromatic carbocycles. The van der Waals surface area contributed by atoms with E-state index in [0.29, 0.717) is 18.6 Å². The molecule has 1 saturated carbocycles. The van der Waals surface area contributed by atoms with Crippen molar-refractivity contribution in [2.24, 2.45) is 17.8 Å². The van der Waals surface area contributed by atoms with Crippen LogP contribution < -0.4 is 0 Å². The van der Waals surface area contributed by atoms with Gasteiger partial charge < -0.3 is 5.11 Å². The van der Waals surface area contributed by atoms with Gasteiger partial charge in [0.1, 0.15) is 0 Å². The monoisotopic (exact) mass is 250 g/mol. The van der Waals surface area contributed by atoms with Crippen LogP contribution in [0.3, 0.4) is 0 Å². The van der Waals surface area contributed by atoms with E-state index >= 15 is 0 Å². The summed E-state index contributed by atoms with van der Waals surface area (Å²) in [6.07, 6.45) is 7.18. The quantitative estimate of drug-likeness (QED) is 0.833. The van der Waals surface area contributed by atoms with E-state index in [0.717, 1.165) is 31.8 Å². The van der Waals surface area contributed by atoms with Gasteiger partial charge in [0.15, 0.2) is 0 Å². The van der Waals surface area contributed by atoms with Gasteiger partial charge in [0.05, 0.1) is 12.0 Å². The van der Waals surface area contributed by atoms with Crippen LogP contribution in [0, 0.1) is 29.1 Å². The number of hydrogen-bond acceptors (Lipinski definition) is 3. The molecule has 1 saturated heterocycles. The van der Waals surface area contributed by atoms with Gasteiger partial charge in [-0.15, -0.1) is 0 Å². The summed E-state index contributed by atoms with van der Waals surface area (Å²) in [5, 5.41) is 18.6. The number of likely N-dealkylation sites (tertiary alicyclic amines) is 1. The van der Waals surface area contributed by atoms with Gasteiger partial charge >= 0.3 is 0 Å². The van der Waals surface area contributed by atoms with E-state index in [4.69, 9.17) is 0 Å². The Hall–Kier alpha value is -0.590.